The molecule has 2 amide bonds. The maximum absolute atomic E-state index is 13.4. The monoisotopic (exact) mass is 456 g/mol. The minimum Gasteiger partial charge on any atom is -0.444 e. The van der Waals surface area contributed by atoms with Crippen molar-refractivity contribution in [3.63, 3.8) is 0 Å². The summed E-state index contributed by atoms with van der Waals surface area (Å²) in [6.07, 6.45) is 2.07. The van der Waals surface area contributed by atoms with E-state index in [1.807, 2.05) is 0 Å². The molecule has 33 heavy (non-hydrogen) atoms. The Morgan fingerprint density at radius 2 is 1.88 bits per heavy atom. The van der Waals surface area contributed by atoms with Crippen molar-refractivity contribution >= 4 is 29.3 Å². The Kier molecular flexibility index (Phi) is 5.61. The number of rotatable bonds is 3. The molecule has 2 aliphatic rings. The van der Waals surface area contributed by atoms with E-state index in [-0.39, 0.29) is 23.0 Å². The summed E-state index contributed by atoms with van der Waals surface area (Å²) in [6, 6.07) is 3.08. The van der Waals surface area contributed by atoms with Gasteiger partial charge in [0.15, 0.2) is 0 Å². The molecule has 1 fully saturated rings. The van der Waals surface area contributed by atoms with Crippen LogP contribution in [0.1, 0.15) is 62.5 Å². The first kappa shape index (κ1) is 22.7. The molecule has 2 aromatic rings. The van der Waals surface area contributed by atoms with Gasteiger partial charge in [-0.15, -0.1) is 0 Å². The van der Waals surface area contributed by atoms with Gasteiger partial charge < -0.3 is 20.5 Å². The summed E-state index contributed by atoms with van der Waals surface area (Å²) >= 11 is 0. The van der Waals surface area contributed by atoms with Crippen molar-refractivity contribution in [2.75, 3.05) is 10.6 Å². The molecule has 0 atom stereocenters. The predicted octanol–water partition coefficient (Wildman–Crippen LogP) is 2.37. The minimum atomic E-state index is -0.847. The quantitative estimate of drug-likeness (QED) is 0.550. The van der Waals surface area contributed by atoms with Crippen molar-refractivity contribution in [3.8, 4) is 0 Å². The average Bonchev–Trinajstić information content (AvgIpc) is 2.99. The molecule has 0 aromatic carbocycles. The van der Waals surface area contributed by atoms with Gasteiger partial charge in [0, 0.05) is 6.07 Å². The van der Waals surface area contributed by atoms with E-state index in [1.165, 1.54) is 17.0 Å². The lowest BCUT2D eigenvalue weighted by molar-refractivity contribution is 0.0531. The van der Waals surface area contributed by atoms with E-state index in [1.54, 1.807) is 33.8 Å². The maximum atomic E-state index is 13.4. The summed E-state index contributed by atoms with van der Waals surface area (Å²) in [4.78, 5) is 46.3. The molecule has 11 heteroatoms. The highest BCUT2D eigenvalue weighted by Crippen LogP contribution is 2.37. The van der Waals surface area contributed by atoms with Gasteiger partial charge in [-0.1, -0.05) is 0 Å². The highest BCUT2D eigenvalue weighted by atomic mass is 16.6. The Bertz CT molecular complexity index is 1160. The fraction of sp³-hybridized carbons (Fsp3) is 0.500. The maximum Gasteiger partial charge on any atom is 0.413 e. The molecule has 4 N–H and O–H groups in total. The number of carbonyl (C=O) groups excluding carboxylic acids is 2. The highest BCUT2D eigenvalue weighted by molar-refractivity contribution is 5.97. The van der Waals surface area contributed by atoms with Gasteiger partial charge in [-0.2, -0.15) is 0 Å². The van der Waals surface area contributed by atoms with Gasteiger partial charge >= 0.3 is 6.09 Å². The summed E-state index contributed by atoms with van der Waals surface area (Å²) in [5.74, 6) is 0.200. The van der Waals surface area contributed by atoms with Crippen molar-refractivity contribution < 1.29 is 19.4 Å². The fourth-order valence-electron chi connectivity index (χ4n) is 4.32. The molecular weight excluding hydrogens is 428 g/mol. The number of amides is 2. The third-order valence-electron chi connectivity index (χ3n) is 5.72. The predicted molar refractivity (Wildman–Crippen MR) is 121 cm³/mol. The number of aliphatic hydroxyl groups excluding tert-OH is 1. The van der Waals surface area contributed by atoms with Crippen LogP contribution >= 0.6 is 0 Å². The largest absolute Gasteiger partial charge is 0.444 e. The van der Waals surface area contributed by atoms with Crippen molar-refractivity contribution in [2.45, 2.75) is 70.7 Å². The lowest BCUT2D eigenvalue weighted by Gasteiger charge is -2.37. The van der Waals surface area contributed by atoms with Crippen LogP contribution in [0.2, 0.25) is 0 Å². The number of aliphatic hydroxyl groups is 1. The topological polar surface area (TPSA) is 147 Å². The standard InChI is InChI=1S/C22H28N6O5/c1-12-9-14(25-15-10-16(24-11-23-15)26-20(32)33-21(2,3)4)19(31)28-17(12)18(30)27-22(28)7-5-13(29)6-8-22/h9-11,13,29H,5-8H2,1-4H3,(H,27,30)(H2,23,24,25,26,32). The smallest absolute Gasteiger partial charge is 0.413 e. The molecule has 0 radical (unpaired) electrons. The van der Waals surface area contributed by atoms with Crippen LogP contribution in [-0.2, 0) is 10.4 Å². The normalized spacial score (nSPS) is 22.0. The van der Waals surface area contributed by atoms with Crippen molar-refractivity contribution in [3.05, 3.63) is 40.1 Å². The molecular formula is C22H28N6O5. The van der Waals surface area contributed by atoms with E-state index < -0.39 is 23.5 Å². The molecule has 0 unspecified atom stereocenters. The number of carbonyl (C=O) groups is 2. The molecule has 0 bridgehead atoms. The minimum absolute atomic E-state index is 0.203. The molecule has 176 valence electrons. The van der Waals surface area contributed by atoms with Crippen LogP contribution in [0.15, 0.2) is 23.3 Å². The second-order valence-electron chi connectivity index (χ2n) is 9.49. The molecule has 1 aliphatic heterocycles. The highest BCUT2D eigenvalue weighted by Gasteiger charge is 2.46. The number of nitrogens with zero attached hydrogens (tertiary/aromatic N) is 3. The number of aryl methyl sites for hydroxylation is 1. The summed E-state index contributed by atoms with van der Waals surface area (Å²) in [5.41, 5.74) is -0.674. The lowest BCUT2D eigenvalue weighted by Crippen LogP contribution is -2.50. The summed E-state index contributed by atoms with van der Waals surface area (Å²) in [6.45, 7) is 7.02. The summed E-state index contributed by atoms with van der Waals surface area (Å²) in [7, 11) is 0. The van der Waals surface area contributed by atoms with Gasteiger partial charge in [-0.05, 0) is 65.0 Å². The first-order valence-corrected chi connectivity index (χ1v) is 10.8. The first-order valence-electron chi connectivity index (χ1n) is 10.8. The third kappa shape index (κ3) is 4.54. The second kappa shape index (κ2) is 8.14. The van der Waals surface area contributed by atoms with Gasteiger partial charge in [-0.25, -0.2) is 14.8 Å². The van der Waals surface area contributed by atoms with Gasteiger partial charge in [0.25, 0.3) is 11.5 Å². The third-order valence-corrected chi connectivity index (χ3v) is 5.72. The van der Waals surface area contributed by atoms with Crippen LogP contribution in [0.25, 0.3) is 0 Å². The summed E-state index contributed by atoms with van der Waals surface area (Å²) in [5, 5.41) is 18.4. The van der Waals surface area contributed by atoms with Crippen LogP contribution in [0.3, 0.4) is 0 Å². The molecule has 0 saturated heterocycles. The van der Waals surface area contributed by atoms with E-state index in [2.05, 4.69) is 25.9 Å². The van der Waals surface area contributed by atoms with Crippen LogP contribution < -0.4 is 21.5 Å². The van der Waals surface area contributed by atoms with Gasteiger partial charge in [0.05, 0.1) is 6.10 Å². The molecule has 11 nitrogen and oxygen atoms in total. The lowest BCUT2D eigenvalue weighted by atomic mass is 9.87. The van der Waals surface area contributed by atoms with Gasteiger partial charge in [-0.3, -0.25) is 19.5 Å². The van der Waals surface area contributed by atoms with Crippen LogP contribution in [0, 0.1) is 6.92 Å². The number of pyridine rings is 1. The van der Waals surface area contributed by atoms with Crippen LogP contribution in [0.5, 0.6) is 0 Å². The number of nitrogens with one attached hydrogen (secondary N) is 3. The fourth-order valence-corrected chi connectivity index (χ4v) is 4.32. The number of hydrogen-bond donors (Lipinski definition) is 4. The van der Waals surface area contributed by atoms with E-state index in [4.69, 9.17) is 4.74 Å². The number of hydrogen-bond acceptors (Lipinski definition) is 8. The Morgan fingerprint density at radius 3 is 2.55 bits per heavy atom. The Labute approximate surface area is 190 Å². The van der Waals surface area contributed by atoms with E-state index in [0.717, 1.165) is 0 Å². The molecule has 4 rings (SSSR count). The van der Waals surface area contributed by atoms with Gasteiger partial charge in [0.1, 0.15) is 40.6 Å². The Balaban J connectivity index is 1.63. The Morgan fingerprint density at radius 1 is 1.21 bits per heavy atom. The second-order valence-corrected chi connectivity index (χ2v) is 9.49. The van der Waals surface area contributed by atoms with Crippen molar-refractivity contribution in [1.82, 2.24) is 19.9 Å². The zero-order chi connectivity index (χ0) is 24.0. The zero-order valence-electron chi connectivity index (χ0n) is 19.1. The van der Waals surface area contributed by atoms with Crippen LogP contribution in [-0.4, -0.2) is 43.3 Å². The molecule has 1 aliphatic carbocycles. The van der Waals surface area contributed by atoms with Crippen molar-refractivity contribution in [2.24, 2.45) is 0 Å². The molecule has 2 aromatic heterocycles. The average molecular weight is 457 g/mol. The zero-order valence-corrected chi connectivity index (χ0v) is 19.1. The molecule has 1 spiro atoms. The van der Waals surface area contributed by atoms with Gasteiger partial charge in [0.2, 0.25) is 0 Å². The van der Waals surface area contributed by atoms with E-state index in [0.29, 0.717) is 42.8 Å². The summed E-state index contributed by atoms with van der Waals surface area (Å²) < 4.78 is 6.74. The number of aromatic nitrogens is 3. The van der Waals surface area contributed by atoms with Crippen molar-refractivity contribution in [1.29, 1.82) is 0 Å². The number of ether oxygens (including phenoxy) is 1. The van der Waals surface area contributed by atoms with E-state index in [9.17, 15) is 19.5 Å². The number of anilines is 3. The number of fused-ring (bicyclic) bond motifs is 2. The molecule has 3 heterocycles. The Hall–Kier alpha value is -3.47. The SMILES string of the molecule is Cc1cc(Nc2cc(NC(=O)OC(C)(C)C)ncn2)c(=O)n2c1C(=O)NC21CCC(O)CC1. The molecule has 1 saturated carbocycles. The first-order chi connectivity index (χ1) is 15.5. The van der Waals surface area contributed by atoms with Crippen LogP contribution in [0.4, 0.5) is 22.1 Å². The van der Waals surface area contributed by atoms with E-state index >= 15 is 0 Å².